The number of amides is 3. The average Bonchev–Trinajstić information content (AvgIpc) is 2.52. The first-order chi connectivity index (χ1) is 10.8. The number of rotatable bonds is 7. The molecule has 5 N–H and O–H groups in total. The lowest BCUT2D eigenvalue weighted by Crippen LogP contribution is -2.46. The second kappa shape index (κ2) is 10.6. The molecule has 8 heteroatoms. The number of nitrogens with two attached hydrogens (primary N) is 1. The largest absolute Gasteiger partial charge is 0.352 e. The topological polar surface area (TPSA) is 113 Å². The Labute approximate surface area is 148 Å². The van der Waals surface area contributed by atoms with Crippen LogP contribution in [0.2, 0.25) is 0 Å². The van der Waals surface area contributed by atoms with E-state index in [0.29, 0.717) is 17.8 Å². The van der Waals surface area contributed by atoms with Crippen molar-refractivity contribution in [2.24, 2.45) is 11.7 Å². The number of hydrogen-bond donors (Lipinski definition) is 4. The number of carbonyl (C=O) groups excluding carboxylic acids is 3. The van der Waals surface area contributed by atoms with Gasteiger partial charge in [0.2, 0.25) is 11.8 Å². The van der Waals surface area contributed by atoms with Crippen LogP contribution < -0.4 is 21.7 Å². The van der Waals surface area contributed by atoms with Gasteiger partial charge in [0.1, 0.15) is 0 Å². The van der Waals surface area contributed by atoms with Gasteiger partial charge >= 0.3 is 0 Å². The summed E-state index contributed by atoms with van der Waals surface area (Å²) in [6, 6.07) is 5.86. The predicted molar refractivity (Wildman–Crippen MR) is 96.2 cm³/mol. The van der Waals surface area contributed by atoms with Gasteiger partial charge in [-0.1, -0.05) is 13.8 Å². The lowest BCUT2D eigenvalue weighted by molar-refractivity contribution is -0.125. The van der Waals surface area contributed by atoms with Crippen LogP contribution in [0, 0.1) is 5.92 Å². The van der Waals surface area contributed by atoms with Crippen molar-refractivity contribution >= 4 is 35.8 Å². The molecule has 7 nitrogen and oxygen atoms in total. The van der Waals surface area contributed by atoms with Gasteiger partial charge in [-0.25, -0.2) is 0 Å². The molecule has 0 bridgehead atoms. The highest BCUT2D eigenvalue weighted by atomic mass is 35.5. The summed E-state index contributed by atoms with van der Waals surface area (Å²) in [5.41, 5.74) is 6.75. The molecule has 0 aliphatic heterocycles. The average molecular weight is 357 g/mol. The van der Waals surface area contributed by atoms with Crippen LogP contribution in [0.5, 0.6) is 0 Å². The number of hydrogen-bond acceptors (Lipinski definition) is 4. The summed E-state index contributed by atoms with van der Waals surface area (Å²) in [5.74, 6) is -0.887. The maximum Gasteiger partial charge on any atom is 0.251 e. The molecule has 1 atom stereocenters. The Morgan fingerprint density at radius 2 is 1.67 bits per heavy atom. The lowest BCUT2D eigenvalue weighted by atomic mass is 10.1. The molecule has 0 spiro atoms. The van der Waals surface area contributed by atoms with Crippen LogP contribution in [0.4, 0.5) is 5.69 Å². The number of carbonyl (C=O) groups is 3. The van der Waals surface area contributed by atoms with E-state index in [0.717, 1.165) is 0 Å². The minimum absolute atomic E-state index is 0. The Kier molecular flexibility index (Phi) is 9.68. The van der Waals surface area contributed by atoms with Crippen LogP contribution in [0.25, 0.3) is 0 Å². The SMILES string of the molecule is CCNC(=O)c1ccc(NC(=O)CNC(=O)[C@@H](N)C(C)C)cc1.Cl. The number of benzene rings is 1. The zero-order chi connectivity index (χ0) is 17.4. The van der Waals surface area contributed by atoms with E-state index in [2.05, 4.69) is 16.0 Å². The summed E-state index contributed by atoms with van der Waals surface area (Å²) in [6.07, 6.45) is 0. The Hall–Kier alpha value is -2.12. The molecule has 0 aliphatic rings. The quantitative estimate of drug-likeness (QED) is 0.581. The maximum atomic E-state index is 11.8. The molecular formula is C16H25ClN4O3. The van der Waals surface area contributed by atoms with Crippen molar-refractivity contribution in [1.29, 1.82) is 0 Å². The van der Waals surface area contributed by atoms with Gasteiger partial charge < -0.3 is 21.7 Å². The molecule has 3 amide bonds. The van der Waals surface area contributed by atoms with Crippen molar-refractivity contribution < 1.29 is 14.4 Å². The first-order valence-electron chi connectivity index (χ1n) is 7.56. The van der Waals surface area contributed by atoms with Crippen LogP contribution in [-0.4, -0.2) is 36.9 Å². The standard InChI is InChI=1S/C16H24N4O3.ClH/c1-4-18-15(22)11-5-7-12(8-6-11)20-13(21)9-19-16(23)14(17)10(2)3;/h5-8,10,14H,4,9,17H2,1-3H3,(H,18,22)(H,19,23)(H,20,21);1H/t14-;/m0./s1. The molecular weight excluding hydrogens is 332 g/mol. The summed E-state index contributed by atoms with van der Waals surface area (Å²) in [7, 11) is 0. The number of halogens is 1. The molecule has 24 heavy (non-hydrogen) atoms. The van der Waals surface area contributed by atoms with E-state index in [4.69, 9.17) is 5.73 Å². The van der Waals surface area contributed by atoms with Crippen LogP contribution in [0.15, 0.2) is 24.3 Å². The minimum atomic E-state index is -0.640. The first-order valence-corrected chi connectivity index (χ1v) is 7.56. The van der Waals surface area contributed by atoms with E-state index in [9.17, 15) is 14.4 Å². The van der Waals surface area contributed by atoms with E-state index in [1.807, 2.05) is 20.8 Å². The highest BCUT2D eigenvalue weighted by Crippen LogP contribution is 2.09. The normalized spacial score (nSPS) is 11.2. The molecule has 0 saturated carbocycles. The monoisotopic (exact) mass is 356 g/mol. The van der Waals surface area contributed by atoms with E-state index in [-0.39, 0.29) is 42.6 Å². The Balaban J connectivity index is 0.00000529. The highest BCUT2D eigenvalue weighted by molar-refractivity contribution is 5.97. The zero-order valence-electron chi connectivity index (χ0n) is 14.1. The molecule has 0 aliphatic carbocycles. The molecule has 0 aromatic heterocycles. The van der Waals surface area contributed by atoms with E-state index in [1.54, 1.807) is 24.3 Å². The third-order valence-electron chi connectivity index (χ3n) is 3.21. The van der Waals surface area contributed by atoms with Crippen molar-refractivity contribution in [2.45, 2.75) is 26.8 Å². The van der Waals surface area contributed by atoms with Crippen molar-refractivity contribution in [3.63, 3.8) is 0 Å². The van der Waals surface area contributed by atoms with Gasteiger partial charge in [-0.2, -0.15) is 0 Å². The fraction of sp³-hybridized carbons (Fsp3) is 0.438. The summed E-state index contributed by atoms with van der Waals surface area (Å²) in [5, 5.41) is 7.82. The first kappa shape index (κ1) is 21.9. The van der Waals surface area contributed by atoms with Crippen molar-refractivity contribution in [3.8, 4) is 0 Å². The Bertz CT molecular complexity index is 561. The second-order valence-electron chi connectivity index (χ2n) is 5.47. The van der Waals surface area contributed by atoms with Crippen molar-refractivity contribution in [3.05, 3.63) is 29.8 Å². The van der Waals surface area contributed by atoms with Crippen LogP contribution in [0.1, 0.15) is 31.1 Å². The summed E-state index contributed by atoms with van der Waals surface area (Å²) in [4.78, 5) is 35.1. The molecule has 0 saturated heterocycles. The molecule has 1 aromatic carbocycles. The fourth-order valence-corrected chi connectivity index (χ4v) is 1.76. The molecule has 0 radical (unpaired) electrons. The molecule has 0 fully saturated rings. The van der Waals surface area contributed by atoms with E-state index in [1.165, 1.54) is 0 Å². The third-order valence-corrected chi connectivity index (χ3v) is 3.21. The Morgan fingerprint density at radius 3 is 2.17 bits per heavy atom. The maximum absolute atomic E-state index is 11.8. The summed E-state index contributed by atoms with van der Waals surface area (Å²) >= 11 is 0. The third kappa shape index (κ3) is 6.97. The van der Waals surface area contributed by atoms with Gasteiger partial charge in [-0.15, -0.1) is 12.4 Å². The summed E-state index contributed by atoms with van der Waals surface area (Å²) in [6.45, 7) is 5.90. The van der Waals surface area contributed by atoms with Gasteiger partial charge in [0.05, 0.1) is 12.6 Å². The predicted octanol–water partition coefficient (Wildman–Crippen LogP) is 0.896. The van der Waals surface area contributed by atoms with Crippen LogP contribution >= 0.6 is 12.4 Å². The Morgan fingerprint density at radius 1 is 1.08 bits per heavy atom. The van der Waals surface area contributed by atoms with Crippen molar-refractivity contribution in [2.75, 3.05) is 18.4 Å². The molecule has 0 unspecified atom stereocenters. The van der Waals surface area contributed by atoms with Crippen LogP contribution in [-0.2, 0) is 9.59 Å². The number of anilines is 1. The number of nitrogens with one attached hydrogen (secondary N) is 3. The van der Waals surface area contributed by atoms with E-state index < -0.39 is 6.04 Å². The van der Waals surface area contributed by atoms with Crippen molar-refractivity contribution in [1.82, 2.24) is 10.6 Å². The van der Waals surface area contributed by atoms with Gasteiger partial charge in [0, 0.05) is 17.8 Å². The molecule has 1 rings (SSSR count). The van der Waals surface area contributed by atoms with Gasteiger partial charge in [0.25, 0.3) is 5.91 Å². The molecule has 1 aromatic rings. The van der Waals surface area contributed by atoms with Gasteiger partial charge in [-0.3, -0.25) is 14.4 Å². The van der Waals surface area contributed by atoms with Gasteiger partial charge in [0.15, 0.2) is 0 Å². The summed E-state index contributed by atoms with van der Waals surface area (Å²) < 4.78 is 0. The lowest BCUT2D eigenvalue weighted by Gasteiger charge is -2.15. The second-order valence-corrected chi connectivity index (χ2v) is 5.47. The molecule has 0 heterocycles. The zero-order valence-corrected chi connectivity index (χ0v) is 14.9. The highest BCUT2D eigenvalue weighted by Gasteiger charge is 2.17. The minimum Gasteiger partial charge on any atom is -0.352 e. The fourth-order valence-electron chi connectivity index (χ4n) is 1.76. The van der Waals surface area contributed by atoms with E-state index >= 15 is 0 Å². The molecule has 134 valence electrons. The van der Waals surface area contributed by atoms with Crippen LogP contribution in [0.3, 0.4) is 0 Å². The van der Waals surface area contributed by atoms with Gasteiger partial charge in [-0.05, 0) is 37.1 Å². The smallest absolute Gasteiger partial charge is 0.251 e.